The van der Waals surface area contributed by atoms with Crippen LogP contribution in [0.5, 0.6) is 11.5 Å². The Morgan fingerprint density at radius 1 is 0.711 bits per heavy atom. The highest BCUT2D eigenvalue weighted by Gasteiger charge is 2.17. The van der Waals surface area contributed by atoms with E-state index in [0.717, 1.165) is 57.4 Å². The third-order valence-electron chi connectivity index (χ3n) is 8.62. The van der Waals surface area contributed by atoms with Gasteiger partial charge in [0.25, 0.3) is 0 Å². The van der Waals surface area contributed by atoms with E-state index < -0.39 is 0 Å². The lowest BCUT2D eigenvalue weighted by molar-refractivity contribution is 0.482. The van der Waals surface area contributed by atoms with Crippen LogP contribution in [0.25, 0.3) is 44.4 Å². The molecule has 0 aliphatic heterocycles. The SMILES string of the molecule is CCCCc1ccc2c(c1)c1ccc(Oc3cc(C)cc(-n4nc(C)c(-c5ccccc5)c4C)c3)cc1n2-c1cc(C)ccn1. The van der Waals surface area contributed by atoms with Gasteiger partial charge in [-0.1, -0.05) is 49.7 Å². The normalized spacial score (nSPS) is 11.5. The van der Waals surface area contributed by atoms with Crippen molar-refractivity contribution in [2.45, 2.75) is 53.9 Å². The maximum absolute atomic E-state index is 6.60. The molecule has 0 saturated heterocycles. The summed E-state index contributed by atoms with van der Waals surface area (Å²) < 4.78 is 10.9. The second-order valence-electron chi connectivity index (χ2n) is 12.1. The standard InChI is InChI=1S/C40H38N4O/c1-6-7-11-30-14-17-37-36(23-30)35-16-15-33(25-38(35)43(37)39-22-26(2)18-19-41-39)45-34-21-27(3)20-32(24-34)44-29(5)40(28(4)42-44)31-12-9-8-10-13-31/h8-10,12-25H,6-7,11H2,1-5H3. The highest BCUT2D eigenvalue weighted by Crippen LogP contribution is 2.37. The lowest BCUT2D eigenvalue weighted by Gasteiger charge is -2.12. The van der Waals surface area contributed by atoms with Crippen molar-refractivity contribution in [3.63, 3.8) is 0 Å². The molecule has 3 heterocycles. The molecule has 0 saturated carbocycles. The first-order valence-corrected chi connectivity index (χ1v) is 15.8. The summed E-state index contributed by atoms with van der Waals surface area (Å²) in [7, 11) is 0. The molecule has 5 nitrogen and oxygen atoms in total. The summed E-state index contributed by atoms with van der Waals surface area (Å²) in [4.78, 5) is 4.78. The second-order valence-corrected chi connectivity index (χ2v) is 12.1. The van der Waals surface area contributed by atoms with E-state index in [1.165, 1.54) is 45.9 Å². The largest absolute Gasteiger partial charge is 0.457 e. The Labute approximate surface area is 264 Å². The van der Waals surface area contributed by atoms with Crippen LogP contribution < -0.4 is 4.74 Å². The summed E-state index contributed by atoms with van der Waals surface area (Å²) in [6.45, 7) is 10.7. The highest BCUT2D eigenvalue weighted by molar-refractivity contribution is 6.09. The molecule has 0 aliphatic rings. The van der Waals surface area contributed by atoms with Gasteiger partial charge in [0.1, 0.15) is 17.3 Å². The Morgan fingerprint density at radius 3 is 2.36 bits per heavy atom. The van der Waals surface area contributed by atoms with Crippen molar-refractivity contribution >= 4 is 21.8 Å². The zero-order valence-corrected chi connectivity index (χ0v) is 26.6. The van der Waals surface area contributed by atoms with E-state index in [4.69, 9.17) is 14.8 Å². The number of fused-ring (bicyclic) bond motifs is 3. The predicted molar refractivity (Wildman–Crippen MR) is 185 cm³/mol. The summed E-state index contributed by atoms with van der Waals surface area (Å²) >= 11 is 0. The molecule has 0 spiro atoms. The van der Waals surface area contributed by atoms with Gasteiger partial charge in [0.2, 0.25) is 0 Å². The van der Waals surface area contributed by atoms with Crippen LogP contribution in [-0.2, 0) is 6.42 Å². The Morgan fingerprint density at radius 2 is 1.56 bits per heavy atom. The molecule has 0 amide bonds. The molecule has 7 rings (SSSR count). The van der Waals surface area contributed by atoms with Gasteiger partial charge in [0.15, 0.2) is 0 Å². The van der Waals surface area contributed by atoms with Gasteiger partial charge in [0, 0.05) is 40.4 Å². The first-order valence-electron chi connectivity index (χ1n) is 15.8. The number of hydrogen-bond donors (Lipinski definition) is 0. The molecule has 224 valence electrons. The molecule has 45 heavy (non-hydrogen) atoms. The van der Waals surface area contributed by atoms with Gasteiger partial charge in [0.05, 0.1) is 22.4 Å². The van der Waals surface area contributed by atoms with E-state index in [0.29, 0.717) is 0 Å². The van der Waals surface area contributed by atoms with Crippen LogP contribution in [0.1, 0.15) is 47.8 Å². The second kappa shape index (κ2) is 11.7. The fraction of sp³-hybridized carbons (Fsp3) is 0.200. The summed E-state index contributed by atoms with van der Waals surface area (Å²) in [6.07, 6.45) is 5.34. The summed E-state index contributed by atoms with van der Waals surface area (Å²) in [5.41, 5.74) is 11.3. The molecule has 0 radical (unpaired) electrons. The minimum atomic E-state index is 0.774. The maximum Gasteiger partial charge on any atom is 0.137 e. The number of pyridine rings is 1. The van der Waals surface area contributed by atoms with Crippen molar-refractivity contribution in [2.75, 3.05) is 0 Å². The first kappa shape index (κ1) is 28.6. The molecule has 0 N–H and O–H groups in total. The number of unbranched alkanes of at least 4 members (excludes halogenated alkanes) is 1. The minimum absolute atomic E-state index is 0.774. The van der Waals surface area contributed by atoms with E-state index in [-0.39, 0.29) is 0 Å². The van der Waals surface area contributed by atoms with E-state index >= 15 is 0 Å². The topological polar surface area (TPSA) is 44.9 Å². The molecule has 5 heteroatoms. The molecule has 7 aromatic rings. The minimum Gasteiger partial charge on any atom is -0.457 e. The van der Waals surface area contributed by atoms with E-state index in [1.54, 1.807) is 0 Å². The quantitative estimate of drug-likeness (QED) is 0.177. The number of ether oxygens (including phenoxy) is 1. The molecule has 0 fully saturated rings. The molecule has 4 aromatic carbocycles. The van der Waals surface area contributed by atoms with Crippen molar-refractivity contribution in [1.82, 2.24) is 19.3 Å². The number of rotatable bonds is 8. The van der Waals surface area contributed by atoms with Crippen molar-refractivity contribution in [3.05, 3.63) is 131 Å². The van der Waals surface area contributed by atoms with Gasteiger partial charge in [-0.05, 0) is 111 Å². The first-order chi connectivity index (χ1) is 21.9. The number of hydrogen-bond acceptors (Lipinski definition) is 3. The third-order valence-corrected chi connectivity index (χ3v) is 8.62. The van der Waals surface area contributed by atoms with Crippen LogP contribution in [0, 0.1) is 27.7 Å². The monoisotopic (exact) mass is 590 g/mol. The predicted octanol–water partition coefficient (Wildman–Crippen LogP) is 10.4. The average molecular weight is 591 g/mol. The number of benzene rings is 4. The van der Waals surface area contributed by atoms with Crippen molar-refractivity contribution < 1.29 is 4.74 Å². The Hall–Kier alpha value is -5.16. The van der Waals surface area contributed by atoms with Crippen LogP contribution in [0.4, 0.5) is 0 Å². The van der Waals surface area contributed by atoms with Crippen LogP contribution in [0.3, 0.4) is 0 Å². The van der Waals surface area contributed by atoms with E-state index in [9.17, 15) is 0 Å². The molecule has 0 bridgehead atoms. The average Bonchev–Trinajstić information content (AvgIpc) is 3.52. The van der Waals surface area contributed by atoms with Crippen LogP contribution >= 0.6 is 0 Å². The van der Waals surface area contributed by atoms with Crippen LogP contribution in [0.2, 0.25) is 0 Å². The smallest absolute Gasteiger partial charge is 0.137 e. The van der Waals surface area contributed by atoms with Gasteiger partial charge in [-0.25, -0.2) is 9.67 Å². The summed E-state index contributed by atoms with van der Waals surface area (Å²) in [5, 5.41) is 7.38. The fourth-order valence-electron chi connectivity index (χ4n) is 6.50. The van der Waals surface area contributed by atoms with Gasteiger partial charge in [-0.3, -0.25) is 4.57 Å². The summed E-state index contributed by atoms with van der Waals surface area (Å²) in [5.74, 6) is 2.46. The zero-order valence-electron chi connectivity index (χ0n) is 26.6. The molecule has 0 unspecified atom stereocenters. The van der Waals surface area contributed by atoms with Crippen LogP contribution in [-0.4, -0.2) is 19.3 Å². The summed E-state index contributed by atoms with van der Waals surface area (Å²) in [6, 6.07) is 34.2. The number of aryl methyl sites for hydroxylation is 4. The van der Waals surface area contributed by atoms with Crippen molar-refractivity contribution in [3.8, 4) is 34.1 Å². The molecule has 3 aromatic heterocycles. The van der Waals surface area contributed by atoms with Crippen molar-refractivity contribution in [2.24, 2.45) is 0 Å². The highest BCUT2D eigenvalue weighted by atomic mass is 16.5. The molecule has 0 aliphatic carbocycles. The lowest BCUT2D eigenvalue weighted by Crippen LogP contribution is -2.00. The van der Waals surface area contributed by atoms with Crippen LogP contribution in [0.15, 0.2) is 103 Å². The lowest BCUT2D eigenvalue weighted by atomic mass is 10.0. The Bertz CT molecular complexity index is 2170. The molecular weight excluding hydrogens is 552 g/mol. The van der Waals surface area contributed by atoms with E-state index in [2.05, 4.69) is 124 Å². The molecule has 0 atom stereocenters. The van der Waals surface area contributed by atoms with Gasteiger partial charge in [-0.2, -0.15) is 5.10 Å². The number of nitrogens with zero attached hydrogens (tertiary/aromatic N) is 4. The molecular formula is C40H38N4O. The maximum atomic E-state index is 6.60. The Balaban J connectivity index is 1.31. The van der Waals surface area contributed by atoms with Gasteiger partial charge < -0.3 is 4.74 Å². The third kappa shape index (κ3) is 5.40. The zero-order chi connectivity index (χ0) is 31.1. The van der Waals surface area contributed by atoms with Gasteiger partial charge in [-0.15, -0.1) is 0 Å². The van der Waals surface area contributed by atoms with Crippen molar-refractivity contribution in [1.29, 1.82) is 0 Å². The number of aromatic nitrogens is 4. The fourth-order valence-corrected chi connectivity index (χ4v) is 6.50. The Kier molecular flexibility index (Phi) is 7.46. The van der Waals surface area contributed by atoms with E-state index in [1.807, 2.05) is 23.0 Å². The van der Waals surface area contributed by atoms with Gasteiger partial charge >= 0.3 is 0 Å².